The lowest BCUT2D eigenvalue weighted by Crippen LogP contribution is -2.33. The molecule has 0 aliphatic heterocycles. The summed E-state index contributed by atoms with van der Waals surface area (Å²) in [5.41, 5.74) is 0.240. The molecule has 1 aliphatic carbocycles. The molecule has 1 atom stereocenters. The van der Waals surface area contributed by atoms with Crippen molar-refractivity contribution in [3.05, 3.63) is 12.4 Å². The van der Waals surface area contributed by atoms with Crippen LogP contribution in [0.2, 0.25) is 0 Å². The number of sulfonamides is 1. The molecule has 1 fully saturated rings. The van der Waals surface area contributed by atoms with E-state index in [1.165, 1.54) is 12.4 Å². The van der Waals surface area contributed by atoms with Gasteiger partial charge >= 0.3 is 0 Å². The Hall–Kier alpha value is -0.880. The Kier molecular flexibility index (Phi) is 2.79. The molecule has 1 unspecified atom stereocenters. The summed E-state index contributed by atoms with van der Waals surface area (Å²) in [5.74, 6) is 0. The lowest BCUT2D eigenvalue weighted by Gasteiger charge is -2.17. The van der Waals surface area contributed by atoms with Crippen LogP contribution in [-0.2, 0) is 10.0 Å². The molecule has 0 radical (unpaired) electrons. The van der Waals surface area contributed by atoms with Gasteiger partial charge in [0.15, 0.2) is 0 Å². The fraction of sp³-hybridized carbons (Fsp3) is 0.700. The number of H-pyrrole nitrogens is 1. The molecule has 0 amide bonds. The Labute approximate surface area is 95.7 Å². The molecule has 16 heavy (non-hydrogen) atoms. The molecule has 2 rings (SSSR count). The van der Waals surface area contributed by atoms with Crippen molar-refractivity contribution in [2.24, 2.45) is 5.41 Å². The minimum atomic E-state index is -3.39. The van der Waals surface area contributed by atoms with Gasteiger partial charge in [0.25, 0.3) is 0 Å². The average molecular weight is 243 g/mol. The van der Waals surface area contributed by atoms with Crippen molar-refractivity contribution in [3.63, 3.8) is 0 Å². The second kappa shape index (κ2) is 3.85. The third kappa shape index (κ3) is 2.44. The molecule has 0 spiro atoms. The van der Waals surface area contributed by atoms with Crippen LogP contribution in [0.15, 0.2) is 17.3 Å². The zero-order valence-corrected chi connectivity index (χ0v) is 10.3. The summed E-state index contributed by atoms with van der Waals surface area (Å²) in [6.45, 7) is 4.33. The van der Waals surface area contributed by atoms with E-state index in [0.717, 1.165) is 19.3 Å². The quantitative estimate of drug-likeness (QED) is 0.839. The fourth-order valence-electron chi connectivity index (χ4n) is 2.21. The van der Waals surface area contributed by atoms with Crippen molar-refractivity contribution >= 4 is 10.0 Å². The monoisotopic (exact) mass is 243 g/mol. The van der Waals surface area contributed by atoms with E-state index in [0.29, 0.717) is 0 Å². The van der Waals surface area contributed by atoms with Crippen molar-refractivity contribution in [3.8, 4) is 0 Å². The van der Waals surface area contributed by atoms with E-state index >= 15 is 0 Å². The molecule has 2 N–H and O–H groups in total. The second-order valence-electron chi connectivity index (χ2n) is 5.16. The summed E-state index contributed by atoms with van der Waals surface area (Å²) in [6.07, 6.45) is 5.57. The van der Waals surface area contributed by atoms with Crippen LogP contribution in [-0.4, -0.2) is 24.7 Å². The Morgan fingerprint density at radius 1 is 1.56 bits per heavy atom. The Balaban J connectivity index is 2.06. The van der Waals surface area contributed by atoms with E-state index < -0.39 is 10.0 Å². The van der Waals surface area contributed by atoms with E-state index in [2.05, 4.69) is 28.8 Å². The van der Waals surface area contributed by atoms with Gasteiger partial charge in [0.2, 0.25) is 10.0 Å². The average Bonchev–Trinajstić information content (AvgIpc) is 2.74. The Morgan fingerprint density at radius 2 is 2.31 bits per heavy atom. The fourth-order valence-corrected chi connectivity index (χ4v) is 3.39. The number of nitrogens with zero attached hydrogens (tertiary/aromatic N) is 1. The molecular formula is C10H17N3O2S. The number of hydrogen-bond donors (Lipinski definition) is 2. The van der Waals surface area contributed by atoms with Gasteiger partial charge in [-0.3, -0.25) is 5.10 Å². The van der Waals surface area contributed by atoms with Crippen molar-refractivity contribution in [1.29, 1.82) is 0 Å². The first kappa shape index (κ1) is 11.6. The molecule has 1 aromatic heterocycles. The molecule has 90 valence electrons. The molecule has 1 saturated carbocycles. The number of nitrogens with one attached hydrogen (secondary N) is 2. The molecule has 0 saturated heterocycles. The summed E-state index contributed by atoms with van der Waals surface area (Å²) in [7, 11) is -3.39. The highest BCUT2D eigenvalue weighted by atomic mass is 32.2. The predicted octanol–water partition coefficient (Wildman–Crippen LogP) is 1.27. The van der Waals surface area contributed by atoms with Gasteiger partial charge in [-0.2, -0.15) is 5.10 Å². The van der Waals surface area contributed by atoms with Crippen molar-refractivity contribution in [2.75, 3.05) is 0 Å². The number of rotatable bonds is 3. The van der Waals surface area contributed by atoms with E-state index in [4.69, 9.17) is 0 Å². The number of hydrogen-bond acceptors (Lipinski definition) is 3. The highest BCUT2D eigenvalue weighted by molar-refractivity contribution is 7.89. The van der Waals surface area contributed by atoms with Gasteiger partial charge in [0, 0.05) is 12.2 Å². The smallest absolute Gasteiger partial charge is 0.243 e. The van der Waals surface area contributed by atoms with E-state index in [-0.39, 0.29) is 16.4 Å². The normalized spacial score (nSPS) is 24.8. The molecule has 1 aromatic rings. The molecular weight excluding hydrogens is 226 g/mol. The van der Waals surface area contributed by atoms with Crippen LogP contribution >= 0.6 is 0 Å². The third-order valence-corrected chi connectivity index (χ3v) is 4.56. The SMILES string of the molecule is CC1(C)CCC(NS(=O)(=O)c2cn[nH]c2)C1. The van der Waals surface area contributed by atoms with Gasteiger partial charge in [-0.25, -0.2) is 13.1 Å². The second-order valence-corrected chi connectivity index (χ2v) is 6.87. The Bertz CT molecular complexity index is 450. The van der Waals surface area contributed by atoms with E-state index in [1.807, 2.05) is 0 Å². The Morgan fingerprint density at radius 3 is 2.81 bits per heavy atom. The van der Waals surface area contributed by atoms with Crippen LogP contribution in [0.25, 0.3) is 0 Å². The maximum absolute atomic E-state index is 11.9. The van der Waals surface area contributed by atoms with Gasteiger partial charge in [0.1, 0.15) is 4.90 Å². The van der Waals surface area contributed by atoms with Crippen LogP contribution in [0.4, 0.5) is 0 Å². The highest BCUT2D eigenvalue weighted by Crippen LogP contribution is 2.37. The highest BCUT2D eigenvalue weighted by Gasteiger charge is 2.33. The summed E-state index contributed by atoms with van der Waals surface area (Å²) in [4.78, 5) is 0.206. The summed E-state index contributed by atoms with van der Waals surface area (Å²) >= 11 is 0. The maximum Gasteiger partial charge on any atom is 0.243 e. The van der Waals surface area contributed by atoms with E-state index in [1.54, 1.807) is 0 Å². The van der Waals surface area contributed by atoms with Crippen LogP contribution < -0.4 is 4.72 Å². The molecule has 0 bridgehead atoms. The maximum atomic E-state index is 11.9. The topological polar surface area (TPSA) is 74.8 Å². The number of aromatic nitrogens is 2. The minimum Gasteiger partial charge on any atom is -0.284 e. The van der Waals surface area contributed by atoms with Gasteiger partial charge < -0.3 is 0 Å². The van der Waals surface area contributed by atoms with Crippen LogP contribution in [0, 0.1) is 5.41 Å². The van der Waals surface area contributed by atoms with E-state index in [9.17, 15) is 8.42 Å². The first-order valence-electron chi connectivity index (χ1n) is 5.40. The molecule has 0 aromatic carbocycles. The van der Waals surface area contributed by atoms with Crippen molar-refractivity contribution in [2.45, 2.75) is 44.0 Å². The summed E-state index contributed by atoms with van der Waals surface area (Å²) in [5, 5.41) is 6.16. The molecule has 1 aliphatic rings. The lowest BCUT2D eigenvalue weighted by molar-refractivity contribution is 0.372. The van der Waals surface area contributed by atoms with Crippen molar-refractivity contribution < 1.29 is 8.42 Å². The van der Waals surface area contributed by atoms with Crippen LogP contribution in [0.5, 0.6) is 0 Å². The third-order valence-electron chi connectivity index (χ3n) is 3.07. The van der Waals surface area contributed by atoms with Crippen LogP contribution in [0.1, 0.15) is 33.1 Å². The molecule has 6 heteroatoms. The minimum absolute atomic E-state index is 0.0508. The zero-order valence-electron chi connectivity index (χ0n) is 9.53. The number of aromatic amines is 1. The van der Waals surface area contributed by atoms with Gasteiger partial charge in [-0.1, -0.05) is 13.8 Å². The largest absolute Gasteiger partial charge is 0.284 e. The summed E-state index contributed by atoms with van der Waals surface area (Å²) in [6, 6.07) is 0.0508. The molecule has 5 nitrogen and oxygen atoms in total. The summed E-state index contributed by atoms with van der Waals surface area (Å²) < 4.78 is 26.5. The standard InChI is InChI=1S/C10H17N3O2S/c1-10(2)4-3-8(5-10)13-16(14,15)9-6-11-12-7-9/h6-8,13H,3-5H2,1-2H3,(H,11,12). The first-order valence-corrected chi connectivity index (χ1v) is 6.88. The van der Waals surface area contributed by atoms with Crippen molar-refractivity contribution in [1.82, 2.24) is 14.9 Å². The zero-order chi connectivity index (χ0) is 11.8. The molecule has 1 heterocycles. The van der Waals surface area contributed by atoms with Gasteiger partial charge in [-0.15, -0.1) is 0 Å². The van der Waals surface area contributed by atoms with Crippen LogP contribution in [0.3, 0.4) is 0 Å². The van der Waals surface area contributed by atoms with Gasteiger partial charge in [0.05, 0.1) is 6.20 Å². The predicted molar refractivity (Wildman–Crippen MR) is 60.3 cm³/mol. The lowest BCUT2D eigenvalue weighted by atomic mass is 9.92. The van der Waals surface area contributed by atoms with Gasteiger partial charge in [-0.05, 0) is 24.7 Å². The first-order chi connectivity index (χ1) is 7.39.